The molecule has 2 aliphatic rings. The number of rotatable bonds is 7. The largest absolute Gasteiger partial charge is 0.350 e. The van der Waals surface area contributed by atoms with Gasteiger partial charge in [-0.25, -0.2) is 0 Å². The zero-order chi connectivity index (χ0) is 18.2. The van der Waals surface area contributed by atoms with Crippen molar-refractivity contribution in [2.24, 2.45) is 27.8 Å². The fourth-order valence-corrected chi connectivity index (χ4v) is 3.12. The molecule has 1 fully saturated rings. The van der Waals surface area contributed by atoms with Gasteiger partial charge in [-0.05, 0) is 38.5 Å². The van der Waals surface area contributed by atoms with Crippen molar-refractivity contribution in [3.8, 4) is 0 Å². The number of nitrogens with two attached hydrogens (primary N) is 1. The van der Waals surface area contributed by atoms with Gasteiger partial charge in [0.15, 0.2) is 0 Å². The van der Waals surface area contributed by atoms with Crippen LogP contribution < -0.4 is 11.2 Å². The van der Waals surface area contributed by atoms with Crippen molar-refractivity contribution in [3.63, 3.8) is 0 Å². The number of amides is 3. The Bertz CT molecular complexity index is 585. The Labute approximate surface area is 147 Å². The second-order valence-corrected chi connectivity index (χ2v) is 6.30. The van der Waals surface area contributed by atoms with E-state index in [9.17, 15) is 14.4 Å². The molecular formula is C17H25N5O3. The Kier molecular flexibility index (Phi) is 6.85. The van der Waals surface area contributed by atoms with Crippen LogP contribution >= 0.6 is 0 Å². The van der Waals surface area contributed by atoms with Crippen LogP contribution in [0.4, 0.5) is 0 Å². The molecule has 0 radical (unpaired) electrons. The van der Waals surface area contributed by atoms with Crippen molar-refractivity contribution in [1.82, 2.24) is 10.2 Å². The fourth-order valence-electron chi connectivity index (χ4n) is 3.12. The number of imide groups is 1. The minimum Gasteiger partial charge on any atom is -0.350 e. The SMILES string of the molecule is CCN=CC(CNC(=O)C1CCC(CN2C(=O)C=CC2=O)CC1)=NN. The Hall–Kier alpha value is -2.51. The molecule has 0 atom stereocenters. The van der Waals surface area contributed by atoms with Crippen LogP contribution in [0, 0.1) is 11.8 Å². The highest BCUT2D eigenvalue weighted by molar-refractivity contribution is 6.31. The minimum atomic E-state index is -0.243. The van der Waals surface area contributed by atoms with Crippen LogP contribution in [0.25, 0.3) is 0 Å². The normalized spacial score (nSPS) is 24.4. The van der Waals surface area contributed by atoms with Crippen molar-refractivity contribution in [3.05, 3.63) is 12.2 Å². The monoisotopic (exact) mass is 347 g/mol. The lowest BCUT2D eigenvalue weighted by molar-refractivity contribution is -0.138. The van der Waals surface area contributed by atoms with Crippen LogP contribution in [0.5, 0.6) is 0 Å². The maximum absolute atomic E-state index is 12.3. The third-order valence-corrected chi connectivity index (χ3v) is 4.59. The number of carbonyl (C=O) groups excluding carboxylic acids is 3. The quantitative estimate of drug-likeness (QED) is 0.297. The second kappa shape index (κ2) is 9.10. The molecule has 1 heterocycles. The Morgan fingerprint density at radius 2 is 1.92 bits per heavy atom. The van der Waals surface area contributed by atoms with Gasteiger partial charge in [0.05, 0.1) is 12.3 Å². The molecule has 136 valence electrons. The summed E-state index contributed by atoms with van der Waals surface area (Å²) in [4.78, 5) is 40.8. The van der Waals surface area contributed by atoms with Gasteiger partial charge in [0.2, 0.25) is 5.91 Å². The summed E-state index contributed by atoms with van der Waals surface area (Å²) in [7, 11) is 0. The third kappa shape index (κ3) is 5.23. The molecule has 1 aliphatic heterocycles. The predicted molar refractivity (Wildman–Crippen MR) is 95.0 cm³/mol. The van der Waals surface area contributed by atoms with Crippen LogP contribution in [0.3, 0.4) is 0 Å². The van der Waals surface area contributed by atoms with Crippen LogP contribution in [0.2, 0.25) is 0 Å². The maximum Gasteiger partial charge on any atom is 0.253 e. The highest BCUT2D eigenvalue weighted by Crippen LogP contribution is 2.30. The summed E-state index contributed by atoms with van der Waals surface area (Å²) in [6, 6.07) is 0. The van der Waals surface area contributed by atoms with E-state index >= 15 is 0 Å². The van der Waals surface area contributed by atoms with Crippen molar-refractivity contribution < 1.29 is 14.4 Å². The van der Waals surface area contributed by atoms with Crippen LogP contribution in [0.15, 0.2) is 22.2 Å². The lowest BCUT2D eigenvalue weighted by Gasteiger charge is -2.30. The lowest BCUT2D eigenvalue weighted by atomic mass is 9.81. The molecule has 25 heavy (non-hydrogen) atoms. The highest BCUT2D eigenvalue weighted by Gasteiger charge is 2.31. The first-order valence-electron chi connectivity index (χ1n) is 8.63. The smallest absolute Gasteiger partial charge is 0.253 e. The van der Waals surface area contributed by atoms with Gasteiger partial charge in [0.25, 0.3) is 11.8 Å². The molecular weight excluding hydrogens is 322 g/mol. The van der Waals surface area contributed by atoms with Crippen molar-refractivity contribution in [1.29, 1.82) is 0 Å². The van der Waals surface area contributed by atoms with E-state index in [-0.39, 0.29) is 36.1 Å². The summed E-state index contributed by atoms with van der Waals surface area (Å²) in [6.07, 6.45) is 7.32. The molecule has 0 saturated heterocycles. The second-order valence-electron chi connectivity index (χ2n) is 6.30. The number of hydrogen-bond donors (Lipinski definition) is 2. The van der Waals surface area contributed by atoms with E-state index in [4.69, 9.17) is 5.84 Å². The van der Waals surface area contributed by atoms with Gasteiger partial charge in [-0.3, -0.25) is 24.3 Å². The summed E-state index contributed by atoms with van der Waals surface area (Å²) in [5.41, 5.74) is 0.530. The van der Waals surface area contributed by atoms with E-state index in [2.05, 4.69) is 15.4 Å². The lowest BCUT2D eigenvalue weighted by Crippen LogP contribution is -2.39. The zero-order valence-corrected chi connectivity index (χ0v) is 14.5. The third-order valence-electron chi connectivity index (χ3n) is 4.59. The summed E-state index contributed by atoms with van der Waals surface area (Å²) < 4.78 is 0. The summed E-state index contributed by atoms with van der Waals surface area (Å²) >= 11 is 0. The summed E-state index contributed by atoms with van der Waals surface area (Å²) in [5, 5.41) is 6.45. The average molecular weight is 347 g/mol. The van der Waals surface area contributed by atoms with Gasteiger partial charge in [-0.2, -0.15) is 5.10 Å². The van der Waals surface area contributed by atoms with Gasteiger partial charge in [-0.1, -0.05) is 0 Å². The molecule has 3 N–H and O–H groups in total. The van der Waals surface area contributed by atoms with Crippen molar-refractivity contribution >= 4 is 29.6 Å². The van der Waals surface area contributed by atoms with E-state index in [1.165, 1.54) is 17.1 Å². The average Bonchev–Trinajstić information content (AvgIpc) is 2.94. The fraction of sp³-hybridized carbons (Fsp3) is 0.588. The molecule has 3 amide bonds. The standard InChI is InChI=1S/C17H25N5O3/c1-2-19-9-14(21-18)10-20-17(25)13-5-3-12(4-6-13)11-22-15(23)7-8-16(22)24/h7-9,12-13H,2-6,10-11,18H2,1H3,(H,20,25). The summed E-state index contributed by atoms with van der Waals surface area (Å²) in [6.45, 7) is 3.24. The van der Waals surface area contributed by atoms with E-state index in [1.807, 2.05) is 6.92 Å². The topological polar surface area (TPSA) is 117 Å². The van der Waals surface area contributed by atoms with Gasteiger partial charge in [0, 0.05) is 37.4 Å². The molecule has 0 spiro atoms. The van der Waals surface area contributed by atoms with Crippen LogP contribution in [-0.4, -0.2) is 54.2 Å². The first-order valence-corrected chi connectivity index (χ1v) is 8.63. The number of carbonyl (C=O) groups is 3. The van der Waals surface area contributed by atoms with Gasteiger partial charge in [0.1, 0.15) is 0 Å². The summed E-state index contributed by atoms with van der Waals surface area (Å²) in [5.74, 6) is 4.98. The molecule has 1 aliphatic carbocycles. The number of aliphatic imine (C=N–C) groups is 1. The number of hydrogen-bond acceptors (Lipinski definition) is 6. The Morgan fingerprint density at radius 3 is 2.48 bits per heavy atom. The molecule has 0 aromatic carbocycles. The predicted octanol–water partition coefficient (Wildman–Crippen LogP) is 0.239. The number of nitrogens with zero attached hydrogens (tertiary/aromatic N) is 3. The van der Waals surface area contributed by atoms with Gasteiger partial charge in [-0.15, -0.1) is 0 Å². The number of nitrogens with one attached hydrogen (secondary N) is 1. The van der Waals surface area contributed by atoms with E-state index in [1.54, 1.807) is 6.21 Å². The van der Waals surface area contributed by atoms with E-state index < -0.39 is 0 Å². The molecule has 2 rings (SSSR count). The Balaban J connectivity index is 1.74. The molecule has 0 unspecified atom stereocenters. The molecule has 8 heteroatoms. The van der Waals surface area contributed by atoms with Crippen molar-refractivity contribution in [2.75, 3.05) is 19.6 Å². The maximum atomic E-state index is 12.3. The molecule has 0 bridgehead atoms. The zero-order valence-electron chi connectivity index (χ0n) is 14.5. The van der Waals surface area contributed by atoms with Gasteiger partial charge < -0.3 is 11.2 Å². The van der Waals surface area contributed by atoms with Gasteiger partial charge >= 0.3 is 0 Å². The van der Waals surface area contributed by atoms with E-state index in [0.29, 0.717) is 18.8 Å². The highest BCUT2D eigenvalue weighted by atomic mass is 16.2. The Morgan fingerprint density at radius 1 is 1.28 bits per heavy atom. The van der Waals surface area contributed by atoms with E-state index in [0.717, 1.165) is 25.7 Å². The van der Waals surface area contributed by atoms with Crippen molar-refractivity contribution in [2.45, 2.75) is 32.6 Å². The first-order chi connectivity index (χ1) is 12.0. The molecule has 8 nitrogen and oxygen atoms in total. The molecule has 0 aromatic heterocycles. The minimum absolute atomic E-state index is 0.0144. The molecule has 0 aromatic rings. The first kappa shape index (κ1) is 18.8. The van der Waals surface area contributed by atoms with Crippen LogP contribution in [-0.2, 0) is 14.4 Å². The molecule has 1 saturated carbocycles. The van der Waals surface area contributed by atoms with Crippen LogP contribution in [0.1, 0.15) is 32.6 Å². The number of hydrazone groups is 1.